The number of benzene rings is 1. The summed E-state index contributed by atoms with van der Waals surface area (Å²) in [6.07, 6.45) is 6.41. The lowest BCUT2D eigenvalue weighted by Gasteiger charge is -2.26. The van der Waals surface area contributed by atoms with Gasteiger partial charge < -0.3 is 20.1 Å². The van der Waals surface area contributed by atoms with E-state index in [1.165, 1.54) is 32.1 Å². The van der Waals surface area contributed by atoms with E-state index in [4.69, 9.17) is 21.7 Å². The third-order valence-electron chi connectivity index (χ3n) is 4.35. The molecule has 0 radical (unpaired) electrons. The first-order chi connectivity index (χ1) is 10.7. The molecule has 0 amide bonds. The van der Waals surface area contributed by atoms with E-state index in [2.05, 4.69) is 23.6 Å². The molecule has 0 spiro atoms. The lowest BCUT2D eigenvalue weighted by Crippen LogP contribution is -2.43. The van der Waals surface area contributed by atoms with Gasteiger partial charge in [0.15, 0.2) is 16.6 Å². The Morgan fingerprint density at radius 2 is 1.86 bits per heavy atom. The van der Waals surface area contributed by atoms with Gasteiger partial charge in [0.05, 0.1) is 6.04 Å². The minimum Gasteiger partial charge on any atom is -0.486 e. The van der Waals surface area contributed by atoms with Crippen LogP contribution in [-0.4, -0.2) is 24.4 Å². The Balaban J connectivity index is 1.56. The SMILES string of the molecule is C[C@H](NC(=S)NC1CCCCC1)c1ccc2c(c1)OCCO2. The summed E-state index contributed by atoms with van der Waals surface area (Å²) >= 11 is 5.45. The van der Waals surface area contributed by atoms with Crippen LogP contribution in [0.3, 0.4) is 0 Å². The van der Waals surface area contributed by atoms with Crippen LogP contribution in [0.25, 0.3) is 0 Å². The molecule has 1 heterocycles. The summed E-state index contributed by atoms with van der Waals surface area (Å²) in [5, 5.41) is 7.57. The minimum atomic E-state index is 0.138. The highest BCUT2D eigenvalue weighted by Crippen LogP contribution is 2.32. The molecule has 1 saturated carbocycles. The molecule has 1 aromatic carbocycles. The number of hydrogen-bond acceptors (Lipinski definition) is 3. The van der Waals surface area contributed by atoms with Crippen LogP contribution in [0.2, 0.25) is 0 Å². The largest absolute Gasteiger partial charge is 0.486 e. The van der Waals surface area contributed by atoms with Crippen molar-refractivity contribution in [2.75, 3.05) is 13.2 Å². The molecule has 4 nitrogen and oxygen atoms in total. The predicted molar refractivity (Wildman–Crippen MR) is 91.6 cm³/mol. The average molecular weight is 320 g/mol. The van der Waals surface area contributed by atoms with Crippen molar-refractivity contribution in [1.29, 1.82) is 0 Å². The van der Waals surface area contributed by atoms with Gasteiger partial charge in [-0.05, 0) is 49.7 Å². The monoisotopic (exact) mass is 320 g/mol. The third-order valence-corrected chi connectivity index (χ3v) is 4.59. The number of thiocarbonyl (C=S) groups is 1. The van der Waals surface area contributed by atoms with E-state index in [1.54, 1.807) is 0 Å². The fourth-order valence-electron chi connectivity index (χ4n) is 3.08. The van der Waals surface area contributed by atoms with Crippen LogP contribution >= 0.6 is 12.2 Å². The quantitative estimate of drug-likeness (QED) is 0.836. The maximum Gasteiger partial charge on any atom is 0.166 e. The van der Waals surface area contributed by atoms with Crippen molar-refractivity contribution in [1.82, 2.24) is 10.6 Å². The smallest absolute Gasteiger partial charge is 0.166 e. The molecule has 0 bridgehead atoms. The summed E-state index contributed by atoms with van der Waals surface area (Å²) < 4.78 is 11.2. The first-order valence-electron chi connectivity index (χ1n) is 8.19. The fourth-order valence-corrected chi connectivity index (χ4v) is 3.43. The molecule has 2 N–H and O–H groups in total. The Kier molecular flexibility index (Phi) is 5.03. The molecular formula is C17H24N2O2S. The molecule has 120 valence electrons. The second-order valence-corrected chi connectivity index (χ2v) is 6.49. The average Bonchev–Trinajstić information content (AvgIpc) is 2.55. The molecule has 1 fully saturated rings. The molecule has 22 heavy (non-hydrogen) atoms. The first kappa shape index (κ1) is 15.4. The van der Waals surface area contributed by atoms with E-state index < -0.39 is 0 Å². The van der Waals surface area contributed by atoms with Gasteiger partial charge in [0, 0.05) is 6.04 Å². The van der Waals surface area contributed by atoms with Gasteiger partial charge in [0.2, 0.25) is 0 Å². The lowest BCUT2D eigenvalue weighted by molar-refractivity contribution is 0.171. The number of nitrogens with one attached hydrogen (secondary N) is 2. The van der Waals surface area contributed by atoms with Gasteiger partial charge in [-0.1, -0.05) is 25.3 Å². The molecule has 0 aromatic heterocycles. The molecule has 1 atom stereocenters. The maximum atomic E-state index is 5.64. The predicted octanol–water partition coefficient (Wildman–Crippen LogP) is 3.32. The zero-order chi connectivity index (χ0) is 15.4. The molecule has 2 aliphatic rings. The number of ether oxygens (including phenoxy) is 2. The molecule has 1 aliphatic carbocycles. The van der Waals surface area contributed by atoms with Gasteiger partial charge in [-0.2, -0.15) is 0 Å². The zero-order valence-electron chi connectivity index (χ0n) is 13.1. The first-order valence-corrected chi connectivity index (χ1v) is 8.60. The fraction of sp³-hybridized carbons (Fsp3) is 0.588. The molecule has 0 saturated heterocycles. The highest BCUT2D eigenvalue weighted by molar-refractivity contribution is 7.80. The van der Waals surface area contributed by atoms with Crippen LogP contribution in [-0.2, 0) is 0 Å². The molecular weight excluding hydrogens is 296 g/mol. The minimum absolute atomic E-state index is 0.138. The lowest BCUT2D eigenvalue weighted by atomic mass is 9.96. The second-order valence-electron chi connectivity index (χ2n) is 6.08. The number of rotatable bonds is 3. The highest BCUT2D eigenvalue weighted by Gasteiger charge is 2.17. The van der Waals surface area contributed by atoms with Crippen molar-refractivity contribution in [2.45, 2.75) is 51.1 Å². The van der Waals surface area contributed by atoms with Gasteiger partial charge in [0.1, 0.15) is 13.2 Å². The number of fused-ring (bicyclic) bond motifs is 1. The van der Waals surface area contributed by atoms with Gasteiger partial charge in [-0.15, -0.1) is 0 Å². The Morgan fingerprint density at radius 1 is 1.14 bits per heavy atom. The van der Waals surface area contributed by atoms with Crippen molar-refractivity contribution < 1.29 is 9.47 Å². The topological polar surface area (TPSA) is 42.5 Å². The van der Waals surface area contributed by atoms with Crippen molar-refractivity contribution in [3.05, 3.63) is 23.8 Å². The van der Waals surface area contributed by atoms with Crippen LogP contribution in [0.4, 0.5) is 0 Å². The van der Waals surface area contributed by atoms with Gasteiger partial charge >= 0.3 is 0 Å². The van der Waals surface area contributed by atoms with E-state index >= 15 is 0 Å². The Hall–Kier alpha value is -1.49. The summed E-state index contributed by atoms with van der Waals surface area (Å²) in [5.74, 6) is 1.65. The Bertz CT molecular complexity index is 529. The second kappa shape index (κ2) is 7.18. The van der Waals surface area contributed by atoms with Crippen LogP contribution in [0.5, 0.6) is 11.5 Å². The molecule has 1 aromatic rings. The van der Waals surface area contributed by atoms with E-state index in [-0.39, 0.29) is 6.04 Å². The number of hydrogen-bond donors (Lipinski definition) is 2. The van der Waals surface area contributed by atoms with Crippen molar-refractivity contribution in [2.24, 2.45) is 0 Å². The normalized spacial score (nSPS) is 19.3. The van der Waals surface area contributed by atoms with E-state index in [1.807, 2.05) is 12.1 Å². The van der Waals surface area contributed by atoms with Crippen LogP contribution in [0.15, 0.2) is 18.2 Å². The van der Waals surface area contributed by atoms with Crippen molar-refractivity contribution in [3.63, 3.8) is 0 Å². The van der Waals surface area contributed by atoms with Crippen molar-refractivity contribution >= 4 is 17.3 Å². The van der Waals surface area contributed by atoms with Crippen LogP contribution < -0.4 is 20.1 Å². The van der Waals surface area contributed by atoms with Crippen LogP contribution in [0.1, 0.15) is 50.6 Å². The summed E-state index contributed by atoms with van der Waals surface area (Å²) in [7, 11) is 0. The summed E-state index contributed by atoms with van der Waals surface area (Å²) in [4.78, 5) is 0. The standard InChI is InChI=1S/C17H24N2O2S/c1-12(18-17(22)19-14-5-3-2-4-6-14)13-7-8-15-16(11-13)21-10-9-20-15/h7-8,11-12,14H,2-6,9-10H2,1H3,(H2,18,19,22)/t12-/m0/s1. The molecule has 1 aliphatic heterocycles. The third kappa shape index (κ3) is 3.83. The van der Waals surface area contributed by atoms with Gasteiger partial charge in [0.25, 0.3) is 0 Å². The van der Waals surface area contributed by atoms with Crippen LogP contribution in [0, 0.1) is 0 Å². The summed E-state index contributed by atoms with van der Waals surface area (Å²) in [5.41, 5.74) is 1.15. The summed E-state index contributed by atoms with van der Waals surface area (Å²) in [6.45, 7) is 3.34. The maximum absolute atomic E-state index is 5.64. The van der Waals surface area contributed by atoms with E-state index in [0.717, 1.165) is 22.2 Å². The van der Waals surface area contributed by atoms with Crippen molar-refractivity contribution in [3.8, 4) is 11.5 Å². The Labute approximate surface area is 137 Å². The Morgan fingerprint density at radius 3 is 2.64 bits per heavy atom. The highest BCUT2D eigenvalue weighted by atomic mass is 32.1. The molecule has 5 heteroatoms. The van der Waals surface area contributed by atoms with Gasteiger partial charge in [-0.3, -0.25) is 0 Å². The van der Waals surface area contributed by atoms with E-state index in [9.17, 15) is 0 Å². The zero-order valence-corrected chi connectivity index (χ0v) is 13.9. The molecule has 3 rings (SSSR count). The van der Waals surface area contributed by atoms with E-state index in [0.29, 0.717) is 19.3 Å². The molecule has 0 unspecified atom stereocenters. The summed E-state index contributed by atoms with van der Waals surface area (Å²) in [6, 6.07) is 6.74. The van der Waals surface area contributed by atoms with Gasteiger partial charge in [-0.25, -0.2) is 0 Å².